The van der Waals surface area contributed by atoms with Crippen molar-refractivity contribution in [2.45, 2.75) is 134 Å². The van der Waals surface area contributed by atoms with Gasteiger partial charge in [0.15, 0.2) is 0 Å². The predicted octanol–water partition coefficient (Wildman–Crippen LogP) is 11.2. The summed E-state index contributed by atoms with van der Waals surface area (Å²) in [7, 11) is 0.369. The SMILES string of the molecule is COc1ccc(CN(Cc2ccc(OC)cc2)S(=O)(=O)c2c(CC3CCC(NC(=O)OC(C)(C)C)CC3)ccc(-c3ccc(C4CCN(C(=O)OC(C)(C)C)CC4)cc3)c2-c2nnn(Cc3ccc(OC)cc3)n2)cc1. The van der Waals surface area contributed by atoms with E-state index in [1.807, 2.05) is 139 Å². The summed E-state index contributed by atoms with van der Waals surface area (Å²) in [4.78, 5) is 29.1. The normalized spacial score (nSPS) is 16.5. The van der Waals surface area contributed by atoms with Crippen LogP contribution in [0, 0.1) is 5.92 Å². The number of carbonyl (C=O) groups excluding carboxylic acids is 2. The molecule has 0 bridgehead atoms. The third kappa shape index (κ3) is 14.3. The van der Waals surface area contributed by atoms with Crippen LogP contribution in [0.3, 0.4) is 0 Å². The molecule has 0 atom stereocenters. The molecule has 0 spiro atoms. The van der Waals surface area contributed by atoms with Gasteiger partial charge < -0.3 is 33.9 Å². The molecule has 1 aliphatic heterocycles. The van der Waals surface area contributed by atoms with E-state index in [-0.39, 0.29) is 54.3 Å². The topological polar surface area (TPSA) is 177 Å². The average Bonchev–Trinajstić information content (AvgIpc) is 3.87. The molecule has 5 aromatic carbocycles. The molecule has 0 unspecified atom stereocenters. The number of amides is 2. The maximum absolute atomic E-state index is 16.4. The molecule has 1 saturated heterocycles. The smallest absolute Gasteiger partial charge is 0.410 e. The first kappa shape index (κ1) is 55.3. The van der Waals surface area contributed by atoms with E-state index in [1.165, 1.54) is 9.10 Å². The van der Waals surface area contributed by atoms with Crippen molar-refractivity contribution in [3.8, 4) is 39.8 Å². The number of carbonyl (C=O) groups is 2. The molecule has 1 aromatic heterocycles. The largest absolute Gasteiger partial charge is 0.497 e. The van der Waals surface area contributed by atoms with E-state index in [0.717, 1.165) is 53.5 Å². The van der Waals surface area contributed by atoms with Gasteiger partial charge in [-0.3, -0.25) is 0 Å². The van der Waals surface area contributed by atoms with Crippen molar-refractivity contribution in [3.05, 3.63) is 137 Å². The molecule has 0 radical (unpaired) electrons. The van der Waals surface area contributed by atoms with Crippen LogP contribution in [0.2, 0.25) is 0 Å². The fourth-order valence-electron chi connectivity index (χ4n) is 10.0. The average molecular weight is 1060 g/mol. The summed E-state index contributed by atoms with van der Waals surface area (Å²) in [5, 5.41) is 17.3. The van der Waals surface area contributed by atoms with Crippen LogP contribution in [0.5, 0.6) is 17.2 Å². The van der Waals surface area contributed by atoms with E-state index in [9.17, 15) is 9.59 Å². The van der Waals surface area contributed by atoms with Crippen molar-refractivity contribution in [2.75, 3.05) is 34.4 Å². The molecule has 1 saturated carbocycles. The Bertz CT molecular complexity index is 2960. The summed E-state index contributed by atoms with van der Waals surface area (Å²) in [5.41, 5.74) is 4.78. The van der Waals surface area contributed by atoms with Gasteiger partial charge in [0.25, 0.3) is 0 Å². The van der Waals surface area contributed by atoms with Gasteiger partial charge in [0.05, 0.1) is 38.3 Å². The molecule has 2 fully saturated rings. The minimum Gasteiger partial charge on any atom is -0.497 e. The zero-order valence-electron chi connectivity index (χ0n) is 45.4. The van der Waals surface area contributed by atoms with Crippen LogP contribution in [0.25, 0.3) is 22.5 Å². The number of likely N-dealkylation sites (tertiary alicyclic amines) is 1. The third-order valence-corrected chi connectivity index (χ3v) is 15.9. The Morgan fingerprint density at radius 3 is 1.70 bits per heavy atom. The highest BCUT2D eigenvalue weighted by molar-refractivity contribution is 7.89. The maximum atomic E-state index is 16.4. The lowest BCUT2D eigenvalue weighted by molar-refractivity contribution is 0.0204. The highest BCUT2D eigenvalue weighted by Crippen LogP contribution is 2.43. The van der Waals surface area contributed by atoms with Crippen molar-refractivity contribution >= 4 is 22.2 Å². The van der Waals surface area contributed by atoms with Gasteiger partial charge in [0.1, 0.15) is 28.5 Å². The lowest BCUT2D eigenvalue weighted by Crippen LogP contribution is -2.41. The van der Waals surface area contributed by atoms with E-state index in [2.05, 4.69) is 22.7 Å². The Balaban J connectivity index is 1.23. The van der Waals surface area contributed by atoms with Gasteiger partial charge >= 0.3 is 12.2 Å². The van der Waals surface area contributed by atoms with Crippen molar-refractivity contribution in [1.29, 1.82) is 0 Å². The molecule has 1 aliphatic carbocycles. The Kier molecular flexibility index (Phi) is 17.4. The highest BCUT2D eigenvalue weighted by Gasteiger charge is 2.36. The number of sulfonamides is 1. The number of methoxy groups -OCH3 is 3. The lowest BCUT2D eigenvalue weighted by atomic mass is 9.81. The second-order valence-electron chi connectivity index (χ2n) is 21.9. The van der Waals surface area contributed by atoms with Gasteiger partial charge in [0.2, 0.25) is 15.8 Å². The summed E-state index contributed by atoms with van der Waals surface area (Å²) in [6.45, 7) is 12.7. The fraction of sp³-hybridized carbons (Fsp3) is 0.441. The summed E-state index contributed by atoms with van der Waals surface area (Å²) in [6, 6.07) is 34.6. The number of ether oxygens (including phenoxy) is 5. The van der Waals surface area contributed by atoms with Crippen LogP contribution in [0.4, 0.5) is 9.59 Å². The summed E-state index contributed by atoms with van der Waals surface area (Å²) in [6.07, 6.45) is 4.20. The Hall–Kier alpha value is -6.98. The molecule has 404 valence electrons. The molecule has 2 amide bonds. The van der Waals surface area contributed by atoms with Gasteiger partial charge in [-0.05, 0) is 179 Å². The molecule has 16 nitrogen and oxygen atoms in total. The van der Waals surface area contributed by atoms with Gasteiger partial charge in [-0.2, -0.15) is 9.10 Å². The van der Waals surface area contributed by atoms with Gasteiger partial charge in [-0.1, -0.05) is 72.8 Å². The van der Waals surface area contributed by atoms with Crippen LogP contribution in [0.1, 0.15) is 114 Å². The molecular formula is C59H73N7O9S. The molecule has 6 aromatic rings. The highest BCUT2D eigenvalue weighted by atomic mass is 32.2. The van der Waals surface area contributed by atoms with Crippen molar-refractivity contribution in [2.24, 2.45) is 5.92 Å². The van der Waals surface area contributed by atoms with Gasteiger partial charge in [-0.15, -0.1) is 10.2 Å². The van der Waals surface area contributed by atoms with Crippen LogP contribution < -0.4 is 19.5 Å². The van der Waals surface area contributed by atoms with Crippen molar-refractivity contribution in [3.63, 3.8) is 0 Å². The van der Waals surface area contributed by atoms with E-state index < -0.39 is 27.3 Å². The number of hydrogen-bond acceptors (Lipinski definition) is 12. The molecular weight excluding hydrogens is 983 g/mol. The first-order valence-electron chi connectivity index (χ1n) is 26.2. The first-order valence-corrected chi connectivity index (χ1v) is 27.6. The standard InChI is InChI=1S/C59H73N7O9S/c1-58(2,3)74-56(67)60-48-23-10-40(11-24-48)36-47-22-31-52(46-20-18-44(19-21-46)45-32-34-64(35-33-45)57(68)75-59(4,5)6)53(55-61-63-66(62-55)39-43-16-29-51(73-9)30-17-43)54(47)76(69,70)65(37-41-12-25-49(71-7)26-13-41)38-42-14-27-50(72-8)28-15-42/h12-22,25-31,40,45,48H,10-11,23-24,32-39H2,1-9H3,(H,60,67). The molecule has 2 aliphatic rings. The van der Waals surface area contributed by atoms with E-state index in [1.54, 1.807) is 26.2 Å². The molecule has 8 rings (SSSR count). The van der Waals surface area contributed by atoms with Crippen LogP contribution in [0.15, 0.2) is 114 Å². The van der Waals surface area contributed by atoms with Crippen molar-refractivity contribution in [1.82, 2.24) is 34.7 Å². The second-order valence-corrected chi connectivity index (χ2v) is 23.7. The number of tetrazole rings is 1. The van der Waals surface area contributed by atoms with Crippen molar-refractivity contribution < 1.29 is 41.7 Å². The summed E-state index contributed by atoms with van der Waals surface area (Å²) < 4.78 is 61.9. The number of aromatic nitrogens is 4. The minimum atomic E-state index is -4.45. The molecule has 17 heteroatoms. The minimum absolute atomic E-state index is 0.0436. The zero-order valence-corrected chi connectivity index (χ0v) is 46.2. The fourth-order valence-corrected chi connectivity index (χ4v) is 11.9. The quantitative estimate of drug-likeness (QED) is 0.0916. The van der Waals surface area contributed by atoms with E-state index >= 15 is 8.42 Å². The molecule has 1 N–H and O–H groups in total. The van der Waals surface area contributed by atoms with Gasteiger partial charge in [0, 0.05) is 32.2 Å². The number of rotatable bonds is 17. The number of hydrogen-bond donors (Lipinski definition) is 1. The molecule has 76 heavy (non-hydrogen) atoms. The number of alkyl carbamates (subject to hydrolysis) is 1. The summed E-state index contributed by atoms with van der Waals surface area (Å²) in [5.74, 6) is 2.50. The van der Waals surface area contributed by atoms with E-state index in [0.29, 0.717) is 66.3 Å². The number of nitrogens with one attached hydrogen (secondary N) is 1. The van der Waals surface area contributed by atoms with E-state index in [4.69, 9.17) is 33.9 Å². The monoisotopic (exact) mass is 1060 g/mol. The Labute approximate surface area is 448 Å². The predicted molar refractivity (Wildman–Crippen MR) is 292 cm³/mol. The maximum Gasteiger partial charge on any atom is 0.410 e. The van der Waals surface area contributed by atoms with Crippen LogP contribution in [-0.2, 0) is 45.6 Å². The first-order chi connectivity index (χ1) is 36.3. The molecule has 2 heterocycles. The Morgan fingerprint density at radius 2 is 1.18 bits per heavy atom. The van der Waals surface area contributed by atoms with Gasteiger partial charge in [-0.25, -0.2) is 18.0 Å². The van der Waals surface area contributed by atoms with Crippen LogP contribution >= 0.6 is 0 Å². The summed E-state index contributed by atoms with van der Waals surface area (Å²) >= 11 is 0. The van der Waals surface area contributed by atoms with Crippen LogP contribution in [-0.4, -0.2) is 102 Å². The zero-order chi connectivity index (χ0) is 54.2. The number of benzene rings is 5. The number of piperidine rings is 1. The number of nitrogens with zero attached hydrogens (tertiary/aromatic N) is 6. The second kappa shape index (κ2) is 23.9. The lowest BCUT2D eigenvalue weighted by Gasteiger charge is -2.33. The third-order valence-electron chi connectivity index (χ3n) is 13.9. The Morgan fingerprint density at radius 1 is 0.658 bits per heavy atom.